The van der Waals surface area contributed by atoms with Gasteiger partial charge < -0.3 is 0 Å². The quantitative estimate of drug-likeness (QED) is 0.415. The van der Waals surface area contributed by atoms with Crippen LogP contribution in [0.4, 0.5) is 4.39 Å². The molecule has 0 bridgehead atoms. The fourth-order valence-electron chi connectivity index (χ4n) is 1.25. The minimum absolute atomic E-state index is 0.137. The lowest BCUT2D eigenvalue weighted by Crippen LogP contribution is -2.36. The number of hydrazine groups is 1. The van der Waals surface area contributed by atoms with Crippen LogP contribution in [-0.4, -0.2) is 25.2 Å². The standard InChI is InChI=1S/C10H16FN3/c1-14(8-13-12)7-6-9-4-2-3-5-10(9)11/h2-5,13H,6-8,12H2,1H3. The third kappa shape index (κ3) is 3.41. The van der Waals surface area contributed by atoms with Crippen molar-refractivity contribution in [2.24, 2.45) is 5.84 Å². The van der Waals surface area contributed by atoms with E-state index in [1.807, 2.05) is 18.0 Å². The van der Waals surface area contributed by atoms with Crippen molar-refractivity contribution in [1.29, 1.82) is 0 Å². The van der Waals surface area contributed by atoms with Gasteiger partial charge in [-0.3, -0.25) is 10.7 Å². The van der Waals surface area contributed by atoms with E-state index in [1.165, 1.54) is 6.07 Å². The molecule has 0 unspecified atom stereocenters. The molecule has 0 atom stereocenters. The summed E-state index contributed by atoms with van der Waals surface area (Å²) < 4.78 is 13.2. The molecule has 0 amide bonds. The first kappa shape index (κ1) is 11.1. The maximum Gasteiger partial charge on any atom is 0.126 e. The van der Waals surface area contributed by atoms with Gasteiger partial charge in [0.2, 0.25) is 0 Å². The highest BCUT2D eigenvalue weighted by atomic mass is 19.1. The fourth-order valence-corrected chi connectivity index (χ4v) is 1.25. The molecule has 4 heteroatoms. The molecule has 0 heterocycles. The number of benzene rings is 1. The smallest absolute Gasteiger partial charge is 0.126 e. The summed E-state index contributed by atoms with van der Waals surface area (Å²) in [5.41, 5.74) is 3.30. The zero-order chi connectivity index (χ0) is 10.4. The maximum absolute atomic E-state index is 13.2. The van der Waals surface area contributed by atoms with E-state index in [1.54, 1.807) is 12.1 Å². The third-order valence-electron chi connectivity index (χ3n) is 2.08. The molecule has 1 rings (SSSR count). The van der Waals surface area contributed by atoms with Crippen molar-refractivity contribution in [2.45, 2.75) is 6.42 Å². The average molecular weight is 197 g/mol. The highest BCUT2D eigenvalue weighted by Crippen LogP contribution is 2.06. The maximum atomic E-state index is 13.2. The monoisotopic (exact) mass is 197 g/mol. The normalized spacial score (nSPS) is 10.9. The summed E-state index contributed by atoms with van der Waals surface area (Å²) in [4.78, 5) is 1.99. The summed E-state index contributed by atoms with van der Waals surface area (Å²) in [7, 11) is 1.93. The van der Waals surface area contributed by atoms with Gasteiger partial charge in [0.1, 0.15) is 5.82 Å². The molecule has 0 fully saturated rings. The summed E-state index contributed by atoms with van der Waals surface area (Å²) in [6.07, 6.45) is 0.699. The molecule has 14 heavy (non-hydrogen) atoms. The van der Waals surface area contributed by atoms with E-state index < -0.39 is 0 Å². The third-order valence-corrected chi connectivity index (χ3v) is 2.08. The molecule has 1 aromatic rings. The zero-order valence-corrected chi connectivity index (χ0v) is 8.33. The molecule has 0 aliphatic rings. The topological polar surface area (TPSA) is 41.3 Å². The van der Waals surface area contributed by atoms with Crippen molar-refractivity contribution in [3.8, 4) is 0 Å². The van der Waals surface area contributed by atoms with E-state index in [2.05, 4.69) is 5.43 Å². The van der Waals surface area contributed by atoms with Crippen molar-refractivity contribution in [2.75, 3.05) is 20.3 Å². The van der Waals surface area contributed by atoms with Gasteiger partial charge in [0.25, 0.3) is 0 Å². The second kappa shape index (κ2) is 5.70. The van der Waals surface area contributed by atoms with Crippen LogP contribution in [0.25, 0.3) is 0 Å². The molecule has 0 spiro atoms. The second-order valence-electron chi connectivity index (χ2n) is 3.28. The lowest BCUT2D eigenvalue weighted by atomic mass is 10.1. The molecule has 3 nitrogen and oxygen atoms in total. The van der Waals surface area contributed by atoms with Crippen LogP contribution in [0.1, 0.15) is 5.56 Å². The molecule has 0 radical (unpaired) electrons. The Kier molecular flexibility index (Phi) is 4.52. The van der Waals surface area contributed by atoms with Crippen molar-refractivity contribution < 1.29 is 4.39 Å². The molecule has 0 aromatic heterocycles. The molecule has 0 saturated carbocycles. The highest BCUT2D eigenvalue weighted by molar-refractivity contribution is 5.17. The minimum Gasteiger partial charge on any atom is -0.292 e. The van der Waals surface area contributed by atoms with Gasteiger partial charge in [-0.2, -0.15) is 0 Å². The zero-order valence-electron chi connectivity index (χ0n) is 8.33. The van der Waals surface area contributed by atoms with E-state index in [0.717, 1.165) is 12.1 Å². The molecule has 78 valence electrons. The van der Waals surface area contributed by atoms with Crippen LogP contribution in [0.5, 0.6) is 0 Å². The van der Waals surface area contributed by atoms with Crippen LogP contribution in [0.15, 0.2) is 24.3 Å². The predicted octanol–water partition coefficient (Wildman–Crippen LogP) is 0.721. The number of nitrogens with one attached hydrogen (secondary N) is 1. The first-order valence-corrected chi connectivity index (χ1v) is 4.59. The van der Waals surface area contributed by atoms with Gasteiger partial charge in [-0.05, 0) is 25.1 Å². The molecule has 0 aliphatic carbocycles. The van der Waals surface area contributed by atoms with Crippen molar-refractivity contribution in [3.63, 3.8) is 0 Å². The number of nitrogens with two attached hydrogens (primary N) is 1. The van der Waals surface area contributed by atoms with Crippen LogP contribution in [0.3, 0.4) is 0 Å². The summed E-state index contributed by atoms with van der Waals surface area (Å²) in [5, 5.41) is 0. The van der Waals surface area contributed by atoms with Gasteiger partial charge in [-0.1, -0.05) is 18.2 Å². The van der Waals surface area contributed by atoms with Crippen LogP contribution in [0, 0.1) is 5.82 Å². The van der Waals surface area contributed by atoms with Crippen LogP contribution in [0.2, 0.25) is 0 Å². The lowest BCUT2D eigenvalue weighted by molar-refractivity contribution is 0.311. The van der Waals surface area contributed by atoms with Gasteiger partial charge in [0.15, 0.2) is 0 Å². The SMILES string of the molecule is CN(CCc1ccccc1F)CNN. The number of hydrogen-bond donors (Lipinski definition) is 2. The van der Waals surface area contributed by atoms with Gasteiger partial charge in [0.05, 0.1) is 6.67 Å². The van der Waals surface area contributed by atoms with E-state index >= 15 is 0 Å². The number of nitrogens with zero attached hydrogens (tertiary/aromatic N) is 1. The molecular weight excluding hydrogens is 181 g/mol. The molecule has 0 saturated heterocycles. The second-order valence-corrected chi connectivity index (χ2v) is 3.28. The number of halogens is 1. The first-order chi connectivity index (χ1) is 6.74. The van der Waals surface area contributed by atoms with E-state index in [0.29, 0.717) is 13.1 Å². The van der Waals surface area contributed by atoms with Gasteiger partial charge >= 0.3 is 0 Å². The Morgan fingerprint density at radius 3 is 2.79 bits per heavy atom. The first-order valence-electron chi connectivity index (χ1n) is 4.59. The van der Waals surface area contributed by atoms with E-state index in [4.69, 9.17) is 5.84 Å². The predicted molar refractivity (Wildman–Crippen MR) is 54.9 cm³/mol. The van der Waals surface area contributed by atoms with Crippen molar-refractivity contribution in [1.82, 2.24) is 10.3 Å². The number of rotatable bonds is 5. The summed E-state index contributed by atoms with van der Waals surface area (Å²) in [5.74, 6) is 5.03. The Balaban J connectivity index is 2.41. The highest BCUT2D eigenvalue weighted by Gasteiger charge is 2.02. The van der Waals surface area contributed by atoms with Gasteiger partial charge in [0, 0.05) is 6.54 Å². The lowest BCUT2D eigenvalue weighted by Gasteiger charge is -2.15. The van der Waals surface area contributed by atoms with Crippen LogP contribution < -0.4 is 11.3 Å². The minimum atomic E-state index is -0.137. The summed E-state index contributed by atoms with van der Waals surface area (Å²) in [6.45, 7) is 1.39. The average Bonchev–Trinajstić information content (AvgIpc) is 2.17. The molecule has 3 N–H and O–H groups in total. The Hall–Kier alpha value is -0.970. The van der Waals surface area contributed by atoms with Crippen molar-refractivity contribution >= 4 is 0 Å². The van der Waals surface area contributed by atoms with Gasteiger partial charge in [-0.25, -0.2) is 9.82 Å². The number of likely N-dealkylation sites (N-methyl/N-ethyl adjacent to an activating group) is 1. The van der Waals surface area contributed by atoms with Gasteiger partial charge in [-0.15, -0.1) is 0 Å². The summed E-state index contributed by atoms with van der Waals surface area (Å²) in [6, 6.07) is 6.83. The van der Waals surface area contributed by atoms with E-state index in [-0.39, 0.29) is 5.82 Å². The van der Waals surface area contributed by atoms with Crippen molar-refractivity contribution in [3.05, 3.63) is 35.6 Å². The molecule has 0 aliphatic heterocycles. The van der Waals surface area contributed by atoms with Crippen LogP contribution >= 0.6 is 0 Å². The Bertz CT molecular complexity index is 278. The molecule has 1 aromatic carbocycles. The largest absolute Gasteiger partial charge is 0.292 e. The van der Waals surface area contributed by atoms with Crippen LogP contribution in [-0.2, 0) is 6.42 Å². The molecular formula is C10H16FN3. The number of hydrogen-bond acceptors (Lipinski definition) is 3. The Labute approximate surface area is 83.7 Å². The fraction of sp³-hybridized carbons (Fsp3) is 0.400. The Morgan fingerprint density at radius 2 is 2.14 bits per heavy atom. The van der Waals surface area contributed by atoms with E-state index in [9.17, 15) is 4.39 Å². The Morgan fingerprint density at radius 1 is 1.43 bits per heavy atom. The summed E-state index contributed by atoms with van der Waals surface area (Å²) >= 11 is 0.